The van der Waals surface area contributed by atoms with Crippen molar-refractivity contribution in [1.29, 1.82) is 0 Å². The standard InChI is InChI=1S/C17H16FN3O/c1-10-4-5-15(14(18)8-10)20-16-9-19-7-6-13(16)17-11(2)21-22-12(17)3/h4-9,20H,1-3H3. The van der Waals surface area contributed by atoms with Crippen LogP contribution in [0.25, 0.3) is 11.1 Å². The first-order valence-corrected chi connectivity index (χ1v) is 6.96. The van der Waals surface area contributed by atoms with E-state index in [2.05, 4.69) is 15.5 Å². The zero-order chi connectivity index (χ0) is 15.7. The summed E-state index contributed by atoms with van der Waals surface area (Å²) in [7, 11) is 0. The fraction of sp³-hybridized carbons (Fsp3) is 0.176. The predicted octanol–water partition coefficient (Wildman–Crippen LogP) is 4.54. The van der Waals surface area contributed by atoms with Crippen molar-refractivity contribution in [3.05, 3.63) is 59.5 Å². The second-order valence-corrected chi connectivity index (χ2v) is 5.23. The Kier molecular flexibility index (Phi) is 3.63. The van der Waals surface area contributed by atoms with Crippen LogP contribution in [0.3, 0.4) is 0 Å². The lowest BCUT2D eigenvalue weighted by Crippen LogP contribution is -1.98. The minimum atomic E-state index is -0.298. The highest BCUT2D eigenvalue weighted by atomic mass is 19.1. The fourth-order valence-corrected chi connectivity index (χ4v) is 2.45. The van der Waals surface area contributed by atoms with E-state index in [4.69, 9.17) is 4.52 Å². The highest BCUT2D eigenvalue weighted by Crippen LogP contribution is 2.34. The van der Waals surface area contributed by atoms with Crippen LogP contribution in [0.15, 0.2) is 41.2 Å². The summed E-state index contributed by atoms with van der Waals surface area (Å²) in [6, 6.07) is 6.93. The minimum absolute atomic E-state index is 0.298. The predicted molar refractivity (Wildman–Crippen MR) is 83.6 cm³/mol. The van der Waals surface area contributed by atoms with Gasteiger partial charge in [-0.25, -0.2) is 4.39 Å². The Labute approximate surface area is 128 Å². The highest BCUT2D eigenvalue weighted by molar-refractivity contribution is 5.82. The second-order valence-electron chi connectivity index (χ2n) is 5.23. The quantitative estimate of drug-likeness (QED) is 0.771. The number of aromatic nitrogens is 2. The summed E-state index contributed by atoms with van der Waals surface area (Å²) in [5.41, 5.74) is 4.56. The maximum Gasteiger partial charge on any atom is 0.146 e. The highest BCUT2D eigenvalue weighted by Gasteiger charge is 2.16. The molecule has 0 fully saturated rings. The van der Waals surface area contributed by atoms with Gasteiger partial charge in [0.2, 0.25) is 0 Å². The van der Waals surface area contributed by atoms with Gasteiger partial charge in [-0.05, 0) is 44.5 Å². The lowest BCUT2D eigenvalue weighted by Gasteiger charge is -2.12. The lowest BCUT2D eigenvalue weighted by molar-refractivity contribution is 0.393. The number of nitrogens with one attached hydrogen (secondary N) is 1. The van der Waals surface area contributed by atoms with Gasteiger partial charge in [0.05, 0.1) is 23.3 Å². The van der Waals surface area contributed by atoms with Crippen LogP contribution in [0.5, 0.6) is 0 Å². The molecule has 0 aliphatic rings. The molecule has 1 N–H and O–H groups in total. The number of halogens is 1. The fourth-order valence-electron chi connectivity index (χ4n) is 2.45. The molecule has 2 heterocycles. The van der Waals surface area contributed by atoms with Crippen LogP contribution in [0.1, 0.15) is 17.0 Å². The van der Waals surface area contributed by atoms with Gasteiger partial charge < -0.3 is 9.84 Å². The monoisotopic (exact) mass is 297 g/mol. The number of aryl methyl sites for hydroxylation is 3. The van der Waals surface area contributed by atoms with Crippen LogP contribution in [0.4, 0.5) is 15.8 Å². The van der Waals surface area contributed by atoms with Crippen molar-refractivity contribution < 1.29 is 8.91 Å². The summed E-state index contributed by atoms with van der Waals surface area (Å²) >= 11 is 0. The maximum absolute atomic E-state index is 14.1. The van der Waals surface area contributed by atoms with Gasteiger partial charge in [-0.15, -0.1) is 0 Å². The Morgan fingerprint density at radius 1 is 1.09 bits per heavy atom. The third kappa shape index (κ3) is 2.57. The molecule has 5 heteroatoms. The summed E-state index contributed by atoms with van der Waals surface area (Å²) < 4.78 is 19.3. The third-order valence-electron chi connectivity index (χ3n) is 3.52. The van der Waals surface area contributed by atoms with Crippen LogP contribution in [-0.4, -0.2) is 10.1 Å². The number of rotatable bonds is 3. The van der Waals surface area contributed by atoms with E-state index < -0.39 is 0 Å². The van der Waals surface area contributed by atoms with Crippen molar-refractivity contribution in [2.24, 2.45) is 0 Å². The summed E-state index contributed by atoms with van der Waals surface area (Å²) in [6.07, 6.45) is 3.36. The molecular formula is C17H16FN3O. The SMILES string of the molecule is Cc1ccc(Nc2cnccc2-c2c(C)noc2C)c(F)c1. The van der Waals surface area contributed by atoms with Crippen LogP contribution in [0, 0.1) is 26.6 Å². The molecule has 0 amide bonds. The van der Waals surface area contributed by atoms with Gasteiger partial charge in [-0.3, -0.25) is 4.98 Å². The molecule has 2 aromatic heterocycles. The van der Waals surface area contributed by atoms with Gasteiger partial charge in [-0.1, -0.05) is 11.2 Å². The molecule has 0 radical (unpaired) electrons. The summed E-state index contributed by atoms with van der Waals surface area (Å²) in [5, 5.41) is 7.08. The molecule has 0 atom stereocenters. The van der Waals surface area contributed by atoms with Crippen LogP contribution >= 0.6 is 0 Å². The molecule has 4 nitrogen and oxygen atoms in total. The number of nitrogens with zero attached hydrogens (tertiary/aromatic N) is 2. The van der Waals surface area contributed by atoms with E-state index in [9.17, 15) is 4.39 Å². The van der Waals surface area contributed by atoms with Gasteiger partial charge in [0.15, 0.2) is 0 Å². The van der Waals surface area contributed by atoms with Gasteiger partial charge in [-0.2, -0.15) is 0 Å². The van der Waals surface area contributed by atoms with Gasteiger partial charge in [0.25, 0.3) is 0 Å². The van der Waals surface area contributed by atoms with Crippen LogP contribution < -0.4 is 5.32 Å². The molecular weight excluding hydrogens is 281 g/mol. The Hall–Kier alpha value is -2.69. The zero-order valence-corrected chi connectivity index (χ0v) is 12.6. The van der Waals surface area contributed by atoms with E-state index in [1.165, 1.54) is 6.07 Å². The van der Waals surface area contributed by atoms with E-state index >= 15 is 0 Å². The topological polar surface area (TPSA) is 51.0 Å². The van der Waals surface area contributed by atoms with E-state index in [0.717, 1.165) is 28.1 Å². The van der Waals surface area contributed by atoms with E-state index in [1.54, 1.807) is 18.5 Å². The largest absolute Gasteiger partial charge is 0.361 e. The first-order valence-electron chi connectivity index (χ1n) is 6.96. The minimum Gasteiger partial charge on any atom is -0.361 e. The number of pyridine rings is 1. The Bertz CT molecular complexity index is 807. The van der Waals surface area contributed by atoms with Gasteiger partial charge in [0, 0.05) is 17.3 Å². The summed E-state index contributed by atoms with van der Waals surface area (Å²) in [6.45, 7) is 5.58. The number of hydrogen-bond acceptors (Lipinski definition) is 4. The molecule has 0 bridgehead atoms. The maximum atomic E-state index is 14.1. The van der Waals surface area contributed by atoms with Crippen molar-refractivity contribution in [1.82, 2.24) is 10.1 Å². The average Bonchev–Trinajstić information content (AvgIpc) is 2.82. The first-order chi connectivity index (χ1) is 10.6. The van der Waals surface area contributed by atoms with Crippen molar-refractivity contribution in [2.45, 2.75) is 20.8 Å². The molecule has 0 unspecified atom stereocenters. The zero-order valence-electron chi connectivity index (χ0n) is 12.6. The lowest BCUT2D eigenvalue weighted by atomic mass is 10.0. The molecule has 3 aromatic rings. The molecule has 22 heavy (non-hydrogen) atoms. The number of hydrogen-bond donors (Lipinski definition) is 1. The van der Waals surface area contributed by atoms with Crippen molar-refractivity contribution in [3.8, 4) is 11.1 Å². The first kappa shape index (κ1) is 14.3. The molecule has 1 aromatic carbocycles. The Balaban J connectivity index is 2.06. The summed E-state index contributed by atoms with van der Waals surface area (Å²) in [4.78, 5) is 4.12. The molecule has 0 aliphatic carbocycles. The smallest absolute Gasteiger partial charge is 0.146 e. The Morgan fingerprint density at radius 3 is 2.59 bits per heavy atom. The second kappa shape index (κ2) is 5.60. The van der Waals surface area contributed by atoms with E-state index in [0.29, 0.717) is 11.4 Å². The molecule has 3 rings (SSSR count). The van der Waals surface area contributed by atoms with E-state index in [1.807, 2.05) is 32.9 Å². The van der Waals surface area contributed by atoms with Crippen molar-refractivity contribution in [3.63, 3.8) is 0 Å². The van der Waals surface area contributed by atoms with Gasteiger partial charge >= 0.3 is 0 Å². The van der Waals surface area contributed by atoms with Crippen LogP contribution in [-0.2, 0) is 0 Å². The Morgan fingerprint density at radius 2 is 1.91 bits per heavy atom. The molecule has 0 saturated carbocycles. The molecule has 0 aliphatic heterocycles. The average molecular weight is 297 g/mol. The normalized spacial score (nSPS) is 10.7. The van der Waals surface area contributed by atoms with E-state index in [-0.39, 0.29) is 5.82 Å². The molecule has 0 saturated heterocycles. The van der Waals surface area contributed by atoms with Crippen molar-refractivity contribution in [2.75, 3.05) is 5.32 Å². The third-order valence-corrected chi connectivity index (χ3v) is 3.52. The summed E-state index contributed by atoms with van der Waals surface area (Å²) in [5.74, 6) is 0.421. The molecule has 112 valence electrons. The number of benzene rings is 1. The van der Waals surface area contributed by atoms with Gasteiger partial charge in [0.1, 0.15) is 11.6 Å². The molecule has 0 spiro atoms. The number of anilines is 2. The van der Waals surface area contributed by atoms with Crippen LogP contribution in [0.2, 0.25) is 0 Å². The van der Waals surface area contributed by atoms with Crippen molar-refractivity contribution >= 4 is 11.4 Å².